The minimum absolute atomic E-state index is 0.288. The smallest absolute Gasteiger partial charge is 0.410 e. The van der Waals surface area contributed by atoms with Crippen molar-refractivity contribution < 1.29 is 19.0 Å². The number of hydrogen-bond donors (Lipinski definition) is 1. The fourth-order valence-corrected chi connectivity index (χ4v) is 5.22. The van der Waals surface area contributed by atoms with Crippen LogP contribution in [0.25, 0.3) is 22.8 Å². The van der Waals surface area contributed by atoms with Crippen molar-refractivity contribution in [3.8, 4) is 22.8 Å². The third kappa shape index (κ3) is 5.41. The predicted octanol–water partition coefficient (Wildman–Crippen LogP) is 3.51. The first-order chi connectivity index (χ1) is 19.7. The van der Waals surface area contributed by atoms with Crippen LogP contribution in [-0.2, 0) is 10.2 Å². The summed E-state index contributed by atoms with van der Waals surface area (Å²) in [6.45, 7) is 8.02. The second kappa shape index (κ2) is 10.4. The third-order valence-corrected chi connectivity index (χ3v) is 7.63. The van der Waals surface area contributed by atoms with E-state index in [4.69, 9.17) is 20.0 Å². The monoisotopic (exact) mass is 556 g/mol. The van der Waals surface area contributed by atoms with Crippen LogP contribution in [0.1, 0.15) is 51.4 Å². The Labute approximate surface area is 238 Å². The molecule has 0 atom stereocenters. The highest BCUT2D eigenvalue weighted by atomic mass is 16.6. The first-order valence-corrected chi connectivity index (χ1v) is 13.8. The number of amides is 1. The Bertz CT molecular complexity index is 1500. The maximum Gasteiger partial charge on any atom is 0.410 e. The number of benzene rings is 1. The van der Waals surface area contributed by atoms with Crippen molar-refractivity contribution in [3.05, 3.63) is 60.4 Å². The molecule has 6 rings (SSSR count). The van der Waals surface area contributed by atoms with Gasteiger partial charge in [0.15, 0.2) is 5.82 Å². The molecule has 12 nitrogen and oxygen atoms in total. The number of nitrogens with one attached hydrogen (secondary N) is 1. The zero-order valence-electron chi connectivity index (χ0n) is 23.5. The van der Waals surface area contributed by atoms with Gasteiger partial charge in [-0.15, -0.1) is 0 Å². The molecular formula is C29H34N9O3+. The molecule has 0 bridgehead atoms. The lowest BCUT2D eigenvalue weighted by Gasteiger charge is -2.39. The molecule has 212 valence electrons. The Morgan fingerprint density at radius 2 is 1.73 bits per heavy atom. The highest BCUT2D eigenvalue weighted by Gasteiger charge is 2.44. The Balaban J connectivity index is 1.13. The van der Waals surface area contributed by atoms with E-state index < -0.39 is 5.60 Å². The van der Waals surface area contributed by atoms with Crippen molar-refractivity contribution in [1.82, 2.24) is 30.0 Å². The van der Waals surface area contributed by atoms with E-state index in [9.17, 15) is 4.79 Å². The van der Waals surface area contributed by atoms with Crippen molar-refractivity contribution >= 4 is 17.7 Å². The van der Waals surface area contributed by atoms with E-state index in [1.54, 1.807) is 29.7 Å². The molecule has 0 unspecified atom stereocenters. The minimum Gasteiger partial charge on any atom is -0.444 e. The van der Waals surface area contributed by atoms with Crippen LogP contribution in [0, 0.1) is 0 Å². The Kier molecular flexibility index (Phi) is 6.76. The molecule has 3 aromatic heterocycles. The molecule has 2 fully saturated rings. The predicted molar refractivity (Wildman–Crippen MR) is 151 cm³/mol. The molecule has 4 heterocycles. The molecule has 3 N–H and O–H groups in total. The van der Waals surface area contributed by atoms with Gasteiger partial charge in [-0.05, 0) is 39.2 Å². The number of hydrogen-bond acceptors (Lipinski definition) is 10. The number of rotatable bonds is 5. The lowest BCUT2D eigenvalue weighted by Crippen LogP contribution is -2.50. The highest BCUT2D eigenvalue weighted by Crippen LogP contribution is 2.48. The van der Waals surface area contributed by atoms with Gasteiger partial charge in [0.2, 0.25) is 0 Å². The number of aromatic amines is 1. The lowest BCUT2D eigenvalue weighted by molar-refractivity contribution is -0.360. The number of nitrogen functional groups attached to an aromatic ring is 1. The fourth-order valence-electron chi connectivity index (χ4n) is 5.22. The second-order valence-corrected chi connectivity index (χ2v) is 11.5. The highest BCUT2D eigenvalue weighted by molar-refractivity contribution is 5.68. The van der Waals surface area contributed by atoms with Crippen molar-refractivity contribution in [2.75, 3.05) is 36.8 Å². The summed E-state index contributed by atoms with van der Waals surface area (Å²) in [5, 5.41) is 4.37. The van der Waals surface area contributed by atoms with Crippen LogP contribution in [0.3, 0.4) is 0 Å². The third-order valence-electron chi connectivity index (χ3n) is 7.63. The molecule has 1 aromatic carbocycles. The summed E-state index contributed by atoms with van der Waals surface area (Å²) >= 11 is 0. The molecule has 41 heavy (non-hydrogen) atoms. The number of anilines is 2. The first kappa shape index (κ1) is 26.6. The number of nitrogens with zero attached hydrogens (tertiary/aromatic N) is 7. The van der Waals surface area contributed by atoms with Gasteiger partial charge in [-0.3, -0.25) is 5.73 Å². The molecule has 1 saturated carbocycles. The summed E-state index contributed by atoms with van der Waals surface area (Å²) in [5.41, 5.74) is 8.41. The molecule has 12 heteroatoms. The van der Waals surface area contributed by atoms with Crippen molar-refractivity contribution in [2.24, 2.45) is 0 Å². The van der Waals surface area contributed by atoms with Crippen LogP contribution in [0.4, 0.5) is 16.4 Å². The van der Waals surface area contributed by atoms with Crippen molar-refractivity contribution in [1.29, 1.82) is 0 Å². The number of piperazine rings is 1. The van der Waals surface area contributed by atoms with Gasteiger partial charge in [0, 0.05) is 31.7 Å². The van der Waals surface area contributed by atoms with Crippen LogP contribution in [0.2, 0.25) is 0 Å². The van der Waals surface area contributed by atoms with Crippen LogP contribution < -0.4 is 15.6 Å². The first-order valence-electron chi connectivity index (χ1n) is 13.8. The van der Waals surface area contributed by atoms with Crippen LogP contribution in [0.15, 0.2) is 53.6 Å². The maximum absolute atomic E-state index is 12.4. The number of aromatic nitrogens is 6. The SMILES string of the molecule is CC(C)(C)OC(=O)N1CCN(c2cnc(-c3nc(C4(c5ccc(-c6c[nH+]c(N)cn6)cc5)CCC4)no3)cn2)CC1. The minimum atomic E-state index is -0.512. The largest absolute Gasteiger partial charge is 0.444 e. The molecule has 0 radical (unpaired) electrons. The quantitative estimate of drug-likeness (QED) is 0.387. The van der Waals surface area contributed by atoms with E-state index in [-0.39, 0.29) is 11.5 Å². The van der Waals surface area contributed by atoms with Gasteiger partial charge in [-0.1, -0.05) is 35.8 Å². The summed E-state index contributed by atoms with van der Waals surface area (Å²) in [6, 6.07) is 8.33. The van der Waals surface area contributed by atoms with Gasteiger partial charge in [0.05, 0.1) is 17.8 Å². The van der Waals surface area contributed by atoms with Crippen molar-refractivity contribution in [2.45, 2.75) is 51.0 Å². The summed E-state index contributed by atoms with van der Waals surface area (Å²) in [4.78, 5) is 37.5. The summed E-state index contributed by atoms with van der Waals surface area (Å²) in [6.07, 6.45) is 9.47. The number of carbonyl (C=O) groups is 1. The van der Waals surface area contributed by atoms with E-state index >= 15 is 0 Å². The van der Waals surface area contributed by atoms with Gasteiger partial charge >= 0.3 is 6.09 Å². The molecule has 4 aromatic rings. The lowest BCUT2D eigenvalue weighted by atomic mass is 9.64. The van der Waals surface area contributed by atoms with E-state index in [2.05, 4.69) is 54.3 Å². The normalized spacial score (nSPS) is 16.8. The Morgan fingerprint density at radius 3 is 2.32 bits per heavy atom. The van der Waals surface area contributed by atoms with E-state index in [0.717, 1.165) is 41.9 Å². The van der Waals surface area contributed by atoms with E-state index in [1.807, 2.05) is 20.8 Å². The zero-order chi connectivity index (χ0) is 28.6. The summed E-state index contributed by atoms with van der Waals surface area (Å²) in [5.74, 6) is 2.26. The molecule has 1 amide bonds. The molecule has 0 spiro atoms. The molecular weight excluding hydrogens is 522 g/mol. The standard InChI is InChI=1S/C29H33N9O3/c1-28(2,3)40-27(39)38-13-11-37(12-14-38)24-18-32-22(16-34-24)25-35-26(36-41-25)29(9-4-10-29)20-7-5-19(6-8-20)21-15-33-23(30)17-31-21/h5-8,15-18H,4,9-14H2,1-3H3,(H2,30,33)/p+1. The molecule has 1 aliphatic heterocycles. The molecule has 1 aliphatic carbocycles. The van der Waals surface area contributed by atoms with Gasteiger partial charge in [-0.25, -0.2) is 24.7 Å². The number of ether oxygens (including phenoxy) is 1. The average Bonchev–Trinajstić information content (AvgIpc) is 3.43. The average molecular weight is 557 g/mol. The maximum atomic E-state index is 12.4. The Hall–Kier alpha value is -4.61. The number of H-pyrrole nitrogens is 1. The summed E-state index contributed by atoms with van der Waals surface area (Å²) in [7, 11) is 0. The number of nitrogens with two attached hydrogens (primary N) is 1. The van der Waals surface area contributed by atoms with E-state index in [1.165, 1.54) is 0 Å². The fraction of sp³-hybridized carbons (Fsp3) is 0.414. The molecule has 2 aliphatic rings. The van der Waals surface area contributed by atoms with Gasteiger partial charge < -0.3 is 19.1 Å². The van der Waals surface area contributed by atoms with Gasteiger partial charge in [0.1, 0.15) is 35.2 Å². The Morgan fingerprint density at radius 1 is 1.00 bits per heavy atom. The number of carbonyl (C=O) groups excluding carboxylic acids is 1. The van der Waals surface area contributed by atoms with Crippen molar-refractivity contribution in [3.63, 3.8) is 0 Å². The molecule has 1 saturated heterocycles. The summed E-state index contributed by atoms with van der Waals surface area (Å²) < 4.78 is 11.1. The van der Waals surface area contributed by atoms with Gasteiger partial charge in [-0.2, -0.15) is 4.98 Å². The van der Waals surface area contributed by atoms with Gasteiger partial charge in [0.25, 0.3) is 11.7 Å². The van der Waals surface area contributed by atoms with E-state index in [0.29, 0.717) is 49.4 Å². The van der Waals surface area contributed by atoms with Crippen LogP contribution >= 0.6 is 0 Å². The zero-order valence-corrected chi connectivity index (χ0v) is 23.5. The van der Waals surface area contributed by atoms with Crippen LogP contribution in [-0.4, -0.2) is 67.9 Å². The second-order valence-electron chi connectivity index (χ2n) is 11.5. The van der Waals surface area contributed by atoms with Crippen LogP contribution in [0.5, 0.6) is 0 Å². The topological polar surface area (TPSA) is 151 Å².